The highest BCUT2D eigenvalue weighted by molar-refractivity contribution is 14.1. The molecule has 0 spiro atoms. The fraction of sp³-hybridized carbons (Fsp3) is 0.250. The molecular weight excluding hydrogens is 304 g/mol. The van der Waals surface area contributed by atoms with Gasteiger partial charge in [-0.05, 0) is 40.3 Å². The maximum absolute atomic E-state index is 11.1. The van der Waals surface area contributed by atoms with Crippen LogP contribution in [0.5, 0.6) is 0 Å². The van der Waals surface area contributed by atoms with Gasteiger partial charge in [-0.2, -0.15) is 0 Å². The van der Waals surface area contributed by atoms with E-state index in [1.54, 1.807) is 6.07 Å². The second-order valence-electron chi connectivity index (χ2n) is 2.31. The first kappa shape index (κ1) is 10.7. The molecule has 13 heavy (non-hydrogen) atoms. The Hall–Kier alpha value is -0.360. The van der Waals surface area contributed by atoms with Crippen molar-refractivity contribution in [3.8, 4) is 0 Å². The molecule has 1 rings (SSSR count). The molecule has 0 bridgehead atoms. The van der Waals surface area contributed by atoms with Crippen molar-refractivity contribution < 1.29 is 9.53 Å². The van der Waals surface area contributed by atoms with Crippen LogP contribution in [-0.2, 0) is 10.6 Å². The van der Waals surface area contributed by atoms with Gasteiger partial charge in [-0.25, -0.2) is 9.78 Å². The normalized spacial score (nSPS) is 9.77. The molecule has 0 radical (unpaired) electrons. The predicted octanol–water partition coefficient (Wildman–Crippen LogP) is 2.21. The minimum Gasteiger partial charge on any atom is -0.464 e. The van der Waals surface area contributed by atoms with Gasteiger partial charge < -0.3 is 4.74 Å². The van der Waals surface area contributed by atoms with E-state index in [9.17, 15) is 4.79 Å². The second-order valence-corrected chi connectivity index (χ2v) is 3.68. The van der Waals surface area contributed by atoms with Gasteiger partial charge in [0.15, 0.2) is 0 Å². The van der Waals surface area contributed by atoms with Gasteiger partial charge in [-0.15, -0.1) is 11.6 Å². The molecule has 1 aromatic rings. The fourth-order valence-corrected chi connectivity index (χ4v) is 1.65. The summed E-state index contributed by atoms with van der Waals surface area (Å²) < 4.78 is 5.28. The van der Waals surface area contributed by atoms with E-state index in [4.69, 9.17) is 11.6 Å². The molecule has 0 aliphatic carbocycles. The minimum absolute atomic E-state index is 0.296. The summed E-state index contributed by atoms with van der Waals surface area (Å²) in [4.78, 5) is 15.1. The van der Waals surface area contributed by atoms with Crippen molar-refractivity contribution in [1.82, 2.24) is 4.98 Å². The highest BCUT2D eigenvalue weighted by atomic mass is 127. The molecule has 0 atom stereocenters. The van der Waals surface area contributed by atoms with Crippen molar-refractivity contribution in [2.24, 2.45) is 0 Å². The maximum Gasteiger partial charge on any atom is 0.356 e. The number of aromatic nitrogens is 1. The Morgan fingerprint density at radius 3 is 2.92 bits per heavy atom. The van der Waals surface area contributed by atoms with Crippen LogP contribution in [-0.4, -0.2) is 18.1 Å². The highest BCUT2D eigenvalue weighted by Gasteiger charge is 2.08. The lowest BCUT2D eigenvalue weighted by atomic mass is 10.2. The third-order valence-corrected chi connectivity index (χ3v) is 2.26. The molecule has 0 fully saturated rings. The van der Waals surface area contributed by atoms with Gasteiger partial charge in [0, 0.05) is 5.88 Å². The van der Waals surface area contributed by atoms with Crippen molar-refractivity contribution in [1.29, 1.82) is 0 Å². The van der Waals surface area contributed by atoms with Crippen LogP contribution in [0.25, 0.3) is 0 Å². The fourth-order valence-electron chi connectivity index (χ4n) is 0.836. The molecule has 0 saturated heterocycles. The zero-order valence-corrected chi connectivity index (χ0v) is 9.79. The quantitative estimate of drug-likeness (QED) is 0.364. The number of hydrogen-bond donors (Lipinski definition) is 0. The van der Waals surface area contributed by atoms with Gasteiger partial charge in [-0.3, -0.25) is 0 Å². The van der Waals surface area contributed by atoms with Crippen LogP contribution in [0.1, 0.15) is 16.1 Å². The van der Waals surface area contributed by atoms with E-state index in [1.807, 2.05) is 28.7 Å². The summed E-state index contributed by atoms with van der Waals surface area (Å²) in [5.41, 5.74) is 1.16. The first-order chi connectivity index (χ1) is 6.17. The monoisotopic (exact) mass is 311 g/mol. The maximum atomic E-state index is 11.1. The van der Waals surface area contributed by atoms with Gasteiger partial charge in [0.2, 0.25) is 0 Å². The van der Waals surface area contributed by atoms with Crippen LogP contribution >= 0.6 is 34.2 Å². The van der Waals surface area contributed by atoms with Crippen LogP contribution in [0.15, 0.2) is 12.1 Å². The number of ether oxygens (including phenoxy) is 1. The van der Waals surface area contributed by atoms with Gasteiger partial charge in [0.05, 0.1) is 7.11 Å². The van der Waals surface area contributed by atoms with Crippen LogP contribution in [0.2, 0.25) is 0 Å². The Morgan fingerprint density at radius 2 is 2.38 bits per heavy atom. The van der Waals surface area contributed by atoms with Crippen molar-refractivity contribution >= 4 is 40.2 Å². The van der Waals surface area contributed by atoms with E-state index < -0.39 is 5.97 Å². The van der Waals surface area contributed by atoms with Crippen LogP contribution < -0.4 is 0 Å². The molecule has 1 heterocycles. The smallest absolute Gasteiger partial charge is 0.356 e. The summed E-state index contributed by atoms with van der Waals surface area (Å²) in [7, 11) is 1.32. The zero-order chi connectivity index (χ0) is 9.84. The number of hydrogen-bond acceptors (Lipinski definition) is 3. The number of nitrogens with zero attached hydrogens (tertiary/aromatic N) is 1. The van der Waals surface area contributed by atoms with Crippen molar-refractivity contribution in [3.63, 3.8) is 0 Å². The average Bonchev–Trinajstić information content (AvgIpc) is 2.15. The molecule has 3 nitrogen and oxygen atoms in total. The number of carbonyl (C=O) groups excluding carboxylic acids is 1. The van der Waals surface area contributed by atoms with E-state index in [2.05, 4.69) is 9.72 Å². The number of halogens is 2. The third kappa shape index (κ3) is 2.80. The first-order valence-electron chi connectivity index (χ1n) is 3.48. The Labute approximate surface area is 94.6 Å². The summed E-state index contributed by atoms with van der Waals surface area (Å²) in [6, 6.07) is 3.45. The predicted molar refractivity (Wildman–Crippen MR) is 57.9 cm³/mol. The minimum atomic E-state index is -0.440. The van der Waals surface area contributed by atoms with Gasteiger partial charge in [0.1, 0.15) is 9.39 Å². The van der Waals surface area contributed by atoms with Crippen LogP contribution in [0, 0.1) is 3.70 Å². The topological polar surface area (TPSA) is 39.2 Å². The SMILES string of the molecule is COC(=O)c1cc(CCl)cc(I)n1. The zero-order valence-electron chi connectivity index (χ0n) is 6.88. The van der Waals surface area contributed by atoms with Gasteiger partial charge >= 0.3 is 5.97 Å². The van der Waals surface area contributed by atoms with Crippen LogP contribution in [0.4, 0.5) is 0 Å². The van der Waals surface area contributed by atoms with E-state index >= 15 is 0 Å². The Kier molecular flexibility index (Phi) is 3.92. The van der Waals surface area contributed by atoms with E-state index in [0.29, 0.717) is 11.6 Å². The molecule has 0 aromatic carbocycles. The summed E-state index contributed by atoms with van der Waals surface area (Å²) >= 11 is 7.66. The molecule has 5 heteroatoms. The molecule has 0 unspecified atom stereocenters. The molecule has 0 aliphatic heterocycles. The van der Waals surface area contributed by atoms with Crippen molar-refractivity contribution in [3.05, 3.63) is 27.1 Å². The number of alkyl halides is 1. The lowest BCUT2D eigenvalue weighted by Crippen LogP contribution is -2.05. The lowest BCUT2D eigenvalue weighted by Gasteiger charge is -2.01. The number of methoxy groups -OCH3 is 1. The van der Waals surface area contributed by atoms with E-state index in [-0.39, 0.29) is 0 Å². The average molecular weight is 312 g/mol. The lowest BCUT2D eigenvalue weighted by molar-refractivity contribution is 0.0593. The summed E-state index contributed by atoms with van der Waals surface area (Å²) in [6.45, 7) is 0. The van der Waals surface area contributed by atoms with E-state index in [0.717, 1.165) is 9.26 Å². The largest absolute Gasteiger partial charge is 0.464 e. The summed E-state index contributed by atoms with van der Waals surface area (Å²) in [5.74, 6) is -0.0763. The molecule has 0 saturated carbocycles. The number of pyridine rings is 1. The molecule has 0 amide bonds. The molecule has 1 aromatic heterocycles. The third-order valence-electron chi connectivity index (χ3n) is 1.40. The van der Waals surface area contributed by atoms with Crippen LogP contribution in [0.3, 0.4) is 0 Å². The van der Waals surface area contributed by atoms with Gasteiger partial charge in [0.25, 0.3) is 0 Å². The Bertz CT molecular complexity index is 330. The summed E-state index contributed by atoms with van der Waals surface area (Å²) in [6.07, 6.45) is 0. The first-order valence-corrected chi connectivity index (χ1v) is 5.09. The highest BCUT2D eigenvalue weighted by Crippen LogP contribution is 2.11. The van der Waals surface area contributed by atoms with Gasteiger partial charge in [-0.1, -0.05) is 0 Å². The van der Waals surface area contributed by atoms with Crippen molar-refractivity contribution in [2.45, 2.75) is 5.88 Å². The van der Waals surface area contributed by atoms with E-state index in [1.165, 1.54) is 7.11 Å². The number of esters is 1. The molecule has 70 valence electrons. The molecular formula is C8H7ClINO2. The molecule has 0 N–H and O–H groups in total. The second kappa shape index (κ2) is 4.76. The Balaban J connectivity index is 3.08. The number of carbonyl (C=O) groups is 1. The standard InChI is InChI=1S/C8H7ClINO2/c1-13-8(12)6-2-5(4-9)3-7(10)11-6/h2-3H,4H2,1H3. The number of rotatable bonds is 2. The molecule has 0 aliphatic rings. The summed E-state index contributed by atoms with van der Waals surface area (Å²) in [5, 5.41) is 0. The Morgan fingerprint density at radius 1 is 1.69 bits per heavy atom. The van der Waals surface area contributed by atoms with Crippen molar-refractivity contribution in [2.75, 3.05) is 7.11 Å².